The van der Waals surface area contributed by atoms with Gasteiger partial charge in [-0.15, -0.1) is 45.3 Å². The zero-order valence-corrected chi connectivity index (χ0v) is 35.0. The Kier molecular flexibility index (Phi) is 8.79. The van der Waals surface area contributed by atoms with Crippen LogP contribution < -0.4 is 5.19 Å². The van der Waals surface area contributed by atoms with Crippen LogP contribution in [0.4, 0.5) is 0 Å². The summed E-state index contributed by atoms with van der Waals surface area (Å²) in [7, 11) is -1.76. The van der Waals surface area contributed by atoms with E-state index < -0.39 is 13.4 Å². The summed E-state index contributed by atoms with van der Waals surface area (Å²) in [5.74, 6) is 0. The van der Waals surface area contributed by atoms with E-state index in [1.54, 1.807) is 0 Å². The topological polar surface area (TPSA) is 0 Å². The molecule has 0 amide bonds. The molecule has 10 aromatic rings. The van der Waals surface area contributed by atoms with Gasteiger partial charge in [-0.25, -0.2) is 0 Å². The molecule has 270 valence electrons. The van der Waals surface area contributed by atoms with E-state index >= 15 is 0 Å². The van der Waals surface area contributed by atoms with Crippen molar-refractivity contribution in [1.29, 1.82) is 0 Å². The molecular formula is C52H34S4Si. The summed E-state index contributed by atoms with van der Waals surface area (Å²) < 4.78 is 2.64. The van der Waals surface area contributed by atoms with Gasteiger partial charge in [0.1, 0.15) is 0 Å². The zero-order chi connectivity index (χ0) is 37.8. The molecule has 1 aliphatic rings. The second kappa shape index (κ2) is 14.4. The third-order valence-electron chi connectivity index (χ3n) is 11.1. The maximum absolute atomic E-state index is 2.43. The molecule has 5 heteroatoms. The van der Waals surface area contributed by atoms with E-state index in [9.17, 15) is 0 Å². The Hall–Kier alpha value is -5.53. The van der Waals surface area contributed by atoms with Crippen molar-refractivity contribution in [2.24, 2.45) is 0 Å². The van der Waals surface area contributed by atoms with E-state index in [0.717, 1.165) is 0 Å². The zero-order valence-electron chi connectivity index (χ0n) is 30.8. The van der Waals surface area contributed by atoms with Crippen LogP contribution in [-0.2, 0) is 5.04 Å². The minimum atomic E-state index is -1.76. The average molecular weight is 815 g/mol. The molecular weight excluding hydrogens is 781 g/mol. The quantitative estimate of drug-likeness (QED) is 0.134. The molecule has 0 N–H and O–H groups in total. The molecule has 57 heavy (non-hydrogen) atoms. The Morgan fingerprint density at radius 2 is 0.842 bits per heavy atom. The number of allylic oxidation sites excluding steroid dienone is 2. The van der Waals surface area contributed by atoms with Crippen molar-refractivity contribution >= 4 is 95.4 Å². The van der Waals surface area contributed by atoms with Gasteiger partial charge in [0.05, 0.1) is 13.4 Å². The molecule has 6 aromatic carbocycles. The van der Waals surface area contributed by atoms with Gasteiger partial charge < -0.3 is 0 Å². The second-order valence-electron chi connectivity index (χ2n) is 14.3. The minimum absolute atomic E-state index is 0.525. The molecule has 0 aliphatic carbocycles. The first-order chi connectivity index (χ1) is 28.3. The van der Waals surface area contributed by atoms with Crippen LogP contribution in [-0.4, -0.2) is 13.6 Å². The van der Waals surface area contributed by atoms with Crippen molar-refractivity contribution in [2.75, 3.05) is 0 Å². The van der Waals surface area contributed by atoms with Gasteiger partial charge in [0, 0.05) is 40.0 Å². The molecule has 5 heterocycles. The molecule has 11 rings (SSSR count). The van der Waals surface area contributed by atoms with Crippen LogP contribution in [0.15, 0.2) is 205 Å². The summed E-state index contributed by atoms with van der Waals surface area (Å²) in [4.78, 5) is 5.50. The lowest BCUT2D eigenvalue weighted by Gasteiger charge is -2.37. The van der Waals surface area contributed by atoms with Crippen molar-refractivity contribution < 1.29 is 0 Å². The number of fused-ring (bicyclic) bond motifs is 2. The van der Waals surface area contributed by atoms with Crippen molar-refractivity contribution in [3.63, 3.8) is 0 Å². The lowest BCUT2D eigenvalue weighted by molar-refractivity contribution is 1.00. The summed E-state index contributed by atoms with van der Waals surface area (Å²) in [6, 6.07) is 72.8. The average Bonchev–Trinajstić information content (AvgIpc) is 4.12. The lowest BCUT2D eigenvalue weighted by atomic mass is 9.79. The molecule has 0 nitrogen and oxygen atoms in total. The fourth-order valence-electron chi connectivity index (χ4n) is 8.84. The van der Waals surface area contributed by atoms with Crippen LogP contribution >= 0.6 is 45.3 Å². The maximum atomic E-state index is 2.43. The molecule has 0 radical (unpaired) electrons. The van der Waals surface area contributed by atoms with E-state index in [1.165, 1.54) is 89.0 Å². The van der Waals surface area contributed by atoms with E-state index in [0.29, 0.717) is 0 Å². The third kappa shape index (κ3) is 5.68. The number of rotatable bonds is 8. The van der Waals surface area contributed by atoms with Crippen LogP contribution in [0.3, 0.4) is 0 Å². The molecule has 0 atom stereocenters. The van der Waals surface area contributed by atoms with Gasteiger partial charge in [-0.3, -0.25) is 0 Å². The van der Waals surface area contributed by atoms with Gasteiger partial charge in [-0.05, 0) is 96.1 Å². The Labute approximate surface area is 350 Å². The highest BCUT2D eigenvalue weighted by atomic mass is 32.1. The van der Waals surface area contributed by atoms with Gasteiger partial charge in [-0.2, -0.15) is 0 Å². The SMILES string of the molecule is c1ccc(C2=C(c3ccccc3)C(c3sccc3-c3cc4ccccc4s3)(c3sccc3-c3cc4ccccc4s3)[Si](c3ccccc3)=C2c2ccccc2)cc1. The van der Waals surface area contributed by atoms with Crippen LogP contribution in [0, 0.1) is 0 Å². The number of thiophene rings is 4. The summed E-state index contributed by atoms with van der Waals surface area (Å²) in [6.45, 7) is 0. The van der Waals surface area contributed by atoms with E-state index in [1.807, 2.05) is 45.3 Å². The first kappa shape index (κ1) is 34.7. The second-order valence-corrected chi connectivity index (χ2v) is 20.9. The van der Waals surface area contributed by atoms with Gasteiger partial charge in [-0.1, -0.05) is 158 Å². The molecule has 1 aliphatic heterocycles. The highest BCUT2D eigenvalue weighted by Crippen LogP contribution is 2.60. The molecule has 0 saturated heterocycles. The lowest BCUT2D eigenvalue weighted by Crippen LogP contribution is -2.47. The summed E-state index contributed by atoms with van der Waals surface area (Å²) in [5.41, 5.74) is 9.26. The van der Waals surface area contributed by atoms with Gasteiger partial charge >= 0.3 is 0 Å². The molecule has 0 saturated carbocycles. The maximum Gasteiger partial charge on any atom is 0.0790 e. The standard InChI is InChI=1S/C52H34S4Si/c1-5-17-35(18-6-1)47-48(36-19-7-2-8-20-36)52(50-41(29-31-53-50)45-33-38-23-13-15-27-43(38)55-45,51-42(30-32-54-51)46-34-39-24-14-16-28-44(39)56-46)57(40-25-11-4-12-26-40)49(47)37-21-9-3-10-22-37/h1-34H. The van der Waals surface area contributed by atoms with Gasteiger partial charge in [0.15, 0.2) is 0 Å². The monoisotopic (exact) mass is 814 g/mol. The summed E-state index contributed by atoms with van der Waals surface area (Å²) in [6.07, 6.45) is 0. The summed E-state index contributed by atoms with van der Waals surface area (Å²) in [5, 5.41) is 9.66. The molecule has 0 unspecified atom stereocenters. The fraction of sp³-hybridized carbons (Fsp3) is 0.0192. The first-order valence-corrected chi connectivity index (χ1v) is 24.0. The van der Waals surface area contributed by atoms with Crippen molar-refractivity contribution in [3.05, 3.63) is 231 Å². The van der Waals surface area contributed by atoms with Crippen molar-refractivity contribution in [2.45, 2.75) is 5.04 Å². The normalized spacial score (nSPS) is 14.0. The van der Waals surface area contributed by atoms with E-state index in [4.69, 9.17) is 0 Å². The van der Waals surface area contributed by atoms with Gasteiger partial charge in [0.25, 0.3) is 0 Å². The van der Waals surface area contributed by atoms with Crippen molar-refractivity contribution in [1.82, 2.24) is 0 Å². The molecule has 0 spiro atoms. The number of hydrogen-bond donors (Lipinski definition) is 0. The predicted molar refractivity (Wildman–Crippen MR) is 253 cm³/mol. The van der Waals surface area contributed by atoms with Crippen molar-refractivity contribution in [3.8, 4) is 20.9 Å². The first-order valence-electron chi connectivity index (χ1n) is 19.1. The number of benzene rings is 6. The smallest absolute Gasteiger partial charge is 0.0790 e. The minimum Gasteiger partial charge on any atom is -0.147 e. The number of hydrogen-bond acceptors (Lipinski definition) is 4. The Bertz CT molecular complexity index is 2830. The van der Waals surface area contributed by atoms with Crippen LogP contribution in [0.1, 0.15) is 26.4 Å². The highest BCUT2D eigenvalue weighted by Gasteiger charge is 2.55. The Morgan fingerprint density at radius 3 is 1.35 bits per heavy atom. The third-order valence-corrected chi connectivity index (χ3v) is 19.3. The largest absolute Gasteiger partial charge is 0.147 e. The van der Waals surface area contributed by atoms with E-state index in [-0.39, 0.29) is 0 Å². The molecule has 4 aromatic heterocycles. The predicted octanol–water partition coefficient (Wildman–Crippen LogP) is 14.2. The van der Waals surface area contributed by atoms with Crippen LogP contribution in [0.5, 0.6) is 0 Å². The highest BCUT2D eigenvalue weighted by molar-refractivity contribution is 7.23. The van der Waals surface area contributed by atoms with Crippen LogP contribution in [0.2, 0.25) is 0 Å². The van der Waals surface area contributed by atoms with Crippen LogP contribution in [0.25, 0.3) is 52.2 Å². The fourth-order valence-corrected chi connectivity index (χ4v) is 18.1. The Morgan fingerprint density at radius 1 is 0.404 bits per heavy atom. The van der Waals surface area contributed by atoms with E-state index in [2.05, 4.69) is 205 Å². The summed E-state index contributed by atoms with van der Waals surface area (Å²) >= 11 is 7.72. The molecule has 0 bridgehead atoms. The Balaban J connectivity index is 1.37. The molecule has 0 fully saturated rings. The van der Waals surface area contributed by atoms with Gasteiger partial charge in [0.2, 0.25) is 0 Å².